The third-order valence-corrected chi connectivity index (χ3v) is 24.4. The van der Waals surface area contributed by atoms with E-state index in [1.54, 1.807) is 35.3 Å². The molecule has 4 unspecified atom stereocenters. The van der Waals surface area contributed by atoms with E-state index in [4.69, 9.17) is 24.8 Å². The number of aryl methyl sites for hydroxylation is 8. The predicted molar refractivity (Wildman–Crippen MR) is 491 cm³/mol. The Kier molecular flexibility index (Phi) is 24.0. The molecule has 36 nitrogen and oxygen atoms in total. The van der Waals surface area contributed by atoms with Crippen LogP contribution < -0.4 is 78.1 Å². The molecule has 0 spiro atoms. The lowest BCUT2D eigenvalue weighted by molar-refractivity contribution is -0.121. The molecule has 0 radical (unpaired) electrons. The van der Waals surface area contributed by atoms with Crippen LogP contribution in [0.5, 0.6) is 5.75 Å². The number of methoxy groups -OCH3 is 1. The van der Waals surface area contributed by atoms with E-state index < -0.39 is 22.9 Å². The van der Waals surface area contributed by atoms with Gasteiger partial charge in [0.25, 0.3) is 22.6 Å². The van der Waals surface area contributed by atoms with Gasteiger partial charge in [-0.3, -0.25) is 76.3 Å². The van der Waals surface area contributed by atoms with Crippen molar-refractivity contribution in [3.63, 3.8) is 0 Å². The number of aromatic nitrogens is 16. The molecule has 7 aliphatic heterocycles. The molecule has 127 heavy (non-hydrogen) atoms. The van der Waals surface area contributed by atoms with E-state index in [1.165, 1.54) is 45.4 Å². The molecule has 0 saturated carbocycles. The van der Waals surface area contributed by atoms with Gasteiger partial charge in [-0.1, -0.05) is 100 Å². The number of aromatic amines is 2. The van der Waals surface area contributed by atoms with E-state index in [0.717, 1.165) is 110 Å². The molecule has 0 aliphatic carbocycles. The van der Waals surface area contributed by atoms with Crippen molar-refractivity contribution in [2.45, 2.75) is 127 Å². The summed E-state index contributed by atoms with van der Waals surface area (Å²) in [4.78, 5) is 157. The lowest BCUT2D eigenvalue weighted by Gasteiger charge is -2.34. The normalized spacial score (nSPS) is 17.6. The highest BCUT2D eigenvalue weighted by atomic mass is 16.5. The molecule has 7 aliphatic rings. The number of anilines is 12. The van der Waals surface area contributed by atoms with Crippen LogP contribution in [0.4, 0.5) is 69.8 Å². The molecule has 13 aromatic rings. The average molecular weight is 1730 g/mol. The number of aliphatic hydroxyl groups excluding tert-OH is 1. The van der Waals surface area contributed by atoms with Gasteiger partial charge in [-0.15, -0.1) is 0 Å². The number of benzene rings is 5. The predicted octanol–water partition coefficient (Wildman–Crippen LogP) is 9.00. The molecular formula is C91H109N25O11. The van der Waals surface area contributed by atoms with Gasteiger partial charge in [0.1, 0.15) is 17.4 Å². The van der Waals surface area contributed by atoms with Crippen molar-refractivity contribution < 1.29 is 24.2 Å². The Morgan fingerprint density at radius 3 is 1.57 bits per heavy atom. The van der Waals surface area contributed by atoms with Crippen LogP contribution >= 0.6 is 0 Å². The van der Waals surface area contributed by atoms with E-state index in [0.29, 0.717) is 139 Å². The fraction of sp³-hybridized carbons (Fsp3) is 0.407. The molecule has 0 saturated heterocycles. The lowest BCUT2D eigenvalue weighted by atomic mass is 9.91. The van der Waals surface area contributed by atoms with Crippen LogP contribution in [0.1, 0.15) is 104 Å². The second-order valence-electron chi connectivity index (χ2n) is 34.3. The summed E-state index contributed by atoms with van der Waals surface area (Å²) in [5.74, 6) is 5.41. The number of ether oxygens (including phenoxy) is 1. The summed E-state index contributed by atoms with van der Waals surface area (Å²) in [5.41, 5.74) is 11.6. The number of rotatable bonds is 12. The van der Waals surface area contributed by atoms with Gasteiger partial charge in [0.15, 0.2) is 56.6 Å². The van der Waals surface area contributed by atoms with Gasteiger partial charge in [0.05, 0.1) is 27.1 Å². The first-order chi connectivity index (χ1) is 61.0. The Balaban J connectivity index is 0.000000117. The van der Waals surface area contributed by atoms with Gasteiger partial charge in [-0.05, 0) is 149 Å². The van der Waals surface area contributed by atoms with Crippen LogP contribution in [0, 0.1) is 44.4 Å². The van der Waals surface area contributed by atoms with Crippen LogP contribution in [-0.2, 0) is 71.8 Å². The van der Waals surface area contributed by atoms with Crippen LogP contribution in [0.2, 0.25) is 0 Å². The molecule has 664 valence electrons. The van der Waals surface area contributed by atoms with Crippen molar-refractivity contribution in [3.8, 4) is 5.75 Å². The van der Waals surface area contributed by atoms with Crippen molar-refractivity contribution in [1.82, 2.24) is 86.2 Å². The summed E-state index contributed by atoms with van der Waals surface area (Å²) in [6.07, 6.45) is 3.39. The highest BCUT2D eigenvalue weighted by Crippen LogP contribution is 2.43. The maximum absolute atomic E-state index is 13.2. The number of H-pyrrole nitrogens is 2. The highest BCUT2D eigenvalue weighted by molar-refractivity contribution is 6.20. The molecular weight excluding hydrogens is 1620 g/mol. The Labute approximate surface area is 731 Å². The second kappa shape index (κ2) is 35.3. The zero-order valence-electron chi connectivity index (χ0n) is 74.5. The largest absolute Gasteiger partial charge is 0.497 e. The van der Waals surface area contributed by atoms with Gasteiger partial charge >= 0.3 is 17.1 Å². The summed E-state index contributed by atoms with van der Waals surface area (Å²) in [6.45, 7) is 25.1. The molecule has 4 atom stereocenters. The fourth-order valence-corrected chi connectivity index (χ4v) is 17.9. The molecule has 5 aromatic carbocycles. The van der Waals surface area contributed by atoms with E-state index in [-0.39, 0.29) is 41.0 Å². The summed E-state index contributed by atoms with van der Waals surface area (Å²) >= 11 is 0. The molecule has 0 bridgehead atoms. The summed E-state index contributed by atoms with van der Waals surface area (Å²) in [7, 11) is 12.2. The Hall–Kier alpha value is -13.9. The first-order valence-corrected chi connectivity index (χ1v) is 43.2. The van der Waals surface area contributed by atoms with Gasteiger partial charge in [-0.25, -0.2) is 14.4 Å². The number of carbonyl (C=O) groups excluding carboxylic acids is 3. The number of ketones is 1. The topological polar surface area (TPSA) is 361 Å². The number of hydrogen-bond donors (Lipinski definition) is 4. The standard InChI is InChI=1S/C21H26N4O4.C19H23N5O2.C17H20N6O2.C17H19N5O2.C17H21N5O/c1-13-11-24(14-6-4-7-15(10-14)29-3)21-22-19-17(25(21)12-13)18(27)16(8-5-9-26)20(28)23(19)2;1-4-10-24-17(25)15-16(21(3)19(24)26)20-18-22(11-5-12-23(15)18)14-8-6-13(2)7-9-14;1-4-11-5-7-12(8-6-11)22-9-20(2)10-23-13-14(18-16(22)23)21(3)17(25)19-15(13)24;1-10-4-6-12(7-5-10)21-8-11(2)9-22-13-14(18-16(21)22)20(3)17(24)19-15(13)23;1-11-5-4-6-13(7-11)21-8-12(2)9-22-14-15(19-17(21)22)20(3)10-18-16(14)23/h4,6-7,10,13,16,26H,5,8-9,11-12H2,1-3H3;6-9H,4-5,10-12H2,1-3H3;5-8H,4,9-10H2,1-3H3,(H,19,24,25);4-7,11H,8-9H2,1-3H3,(H,19,23,24);4-7,12H,8-10H2,1-3H3,(H,18,23). The van der Waals surface area contributed by atoms with Crippen molar-refractivity contribution in [3.05, 3.63) is 217 Å². The summed E-state index contributed by atoms with van der Waals surface area (Å²) in [6, 6.07) is 41.0. The first kappa shape index (κ1) is 86.6. The SMILES string of the molecule is CCCn1c(=O)c2c(nc3n2CCCN3c2ccc(C)cc2)n(C)c1=O.CCc1ccc(N2CN(C)Cn3c2nc2c3c(=O)[nH]c(=O)n2C)cc1.COc1cccc(N2CC(C)Cn3c2nc2c3C(=O)C(CCCO)C(=O)N2C)c1.Cc1ccc(N2CC(C)Cn3c2nc2c3c(=O)[nH]c(=O)n2C)cc1.Cc1cccc(N2CC(C)Cn3c2nc2c3C(=O)NCN2C)c1. The molecule has 20 rings (SSSR count). The van der Waals surface area contributed by atoms with E-state index in [2.05, 4.69) is 193 Å². The number of aliphatic hydroxyl groups is 1. The number of nitrogens with one attached hydrogen (secondary N) is 3. The number of imidazole rings is 5. The molecule has 0 fully saturated rings. The van der Waals surface area contributed by atoms with Crippen molar-refractivity contribution in [2.24, 2.45) is 44.8 Å². The quantitative estimate of drug-likeness (QED) is 0.0828. The lowest BCUT2D eigenvalue weighted by Crippen LogP contribution is -2.43. The fourth-order valence-electron chi connectivity index (χ4n) is 17.9. The maximum atomic E-state index is 13.2. The van der Waals surface area contributed by atoms with Gasteiger partial charge in [0, 0.05) is 135 Å². The van der Waals surface area contributed by atoms with E-state index in [9.17, 15) is 43.2 Å². The zero-order valence-corrected chi connectivity index (χ0v) is 74.5. The monoisotopic (exact) mass is 1730 g/mol. The van der Waals surface area contributed by atoms with Gasteiger partial charge < -0.3 is 57.9 Å². The van der Waals surface area contributed by atoms with E-state index in [1.807, 2.05) is 80.3 Å². The number of fused-ring (bicyclic) bond motifs is 15. The van der Waals surface area contributed by atoms with Gasteiger partial charge in [-0.2, -0.15) is 24.9 Å². The van der Waals surface area contributed by atoms with E-state index >= 15 is 0 Å². The third kappa shape index (κ3) is 16.1. The number of nitrogens with zero attached hydrogens (tertiary/aromatic N) is 22. The summed E-state index contributed by atoms with van der Waals surface area (Å²) in [5, 5.41) is 12.1. The minimum atomic E-state index is -0.761. The van der Waals surface area contributed by atoms with Crippen LogP contribution in [0.3, 0.4) is 0 Å². The smallest absolute Gasteiger partial charge is 0.332 e. The van der Waals surface area contributed by atoms with Crippen LogP contribution in [-0.4, -0.2) is 178 Å². The van der Waals surface area contributed by atoms with Crippen molar-refractivity contribution >= 4 is 121 Å². The summed E-state index contributed by atoms with van der Waals surface area (Å²) < 4.78 is 20.7. The Morgan fingerprint density at radius 2 is 0.992 bits per heavy atom. The number of hydrogen-bond acceptors (Lipinski definition) is 23. The maximum Gasteiger partial charge on any atom is 0.332 e. The third-order valence-electron chi connectivity index (χ3n) is 24.4. The molecule has 36 heteroatoms. The molecule has 8 aromatic heterocycles. The zero-order chi connectivity index (χ0) is 90.0. The Morgan fingerprint density at radius 1 is 0.488 bits per heavy atom. The number of amides is 2. The van der Waals surface area contributed by atoms with Crippen LogP contribution in [0.15, 0.2) is 150 Å². The average Bonchev–Trinajstić information content (AvgIpc) is 1.58. The second-order valence-corrected chi connectivity index (χ2v) is 34.3. The first-order valence-electron chi connectivity index (χ1n) is 43.2. The van der Waals surface area contributed by atoms with Crippen molar-refractivity contribution in [1.29, 1.82) is 0 Å². The number of carbonyl (C=O) groups is 3. The highest BCUT2D eigenvalue weighted by Gasteiger charge is 2.45. The van der Waals surface area contributed by atoms with Crippen molar-refractivity contribution in [2.75, 3.05) is 109 Å². The van der Waals surface area contributed by atoms with Gasteiger partial charge in [0.2, 0.25) is 35.6 Å². The minimum Gasteiger partial charge on any atom is -0.497 e. The number of Topliss-reactive ketones (excluding diaryl/α,β-unsaturated/α-hetero) is 1. The Bertz CT molecular complexity index is 6800. The minimum absolute atomic E-state index is 0.0323. The molecule has 15 heterocycles. The molecule has 2 amide bonds. The molecule has 4 N–H and O–H groups in total. The van der Waals surface area contributed by atoms with Crippen LogP contribution in [0.25, 0.3) is 33.5 Å².